The Morgan fingerprint density at radius 2 is 1.69 bits per heavy atom. The third kappa shape index (κ3) is 5.38. The molecule has 8 heteroatoms. The highest BCUT2D eigenvalue weighted by molar-refractivity contribution is 6.01. The number of phenolic OH excluding ortho intramolecular Hbond substituents is 1. The molecule has 1 aromatic heterocycles. The average molecular weight is 486 g/mol. The predicted molar refractivity (Wildman–Crippen MR) is 140 cm³/mol. The normalized spacial score (nSPS) is 12.3. The second-order valence-corrected chi connectivity index (χ2v) is 9.56. The molecule has 1 atom stereocenters. The molecule has 1 heterocycles. The number of rotatable bonds is 8. The van der Waals surface area contributed by atoms with Crippen molar-refractivity contribution in [2.45, 2.75) is 52.2 Å². The number of hydrogen-bond acceptors (Lipinski definition) is 5. The van der Waals surface area contributed by atoms with Gasteiger partial charge in [-0.05, 0) is 69.2 Å². The maximum absolute atomic E-state index is 14.0. The minimum absolute atomic E-state index is 0.0779. The summed E-state index contributed by atoms with van der Waals surface area (Å²) in [5.74, 6) is -0.559. The summed E-state index contributed by atoms with van der Waals surface area (Å²) in [6, 6.07) is 20.3. The Kier molecular flexibility index (Phi) is 7.05. The van der Waals surface area contributed by atoms with Crippen LogP contribution in [0.3, 0.4) is 0 Å². The summed E-state index contributed by atoms with van der Waals surface area (Å²) >= 11 is 0. The van der Waals surface area contributed by atoms with Crippen molar-refractivity contribution < 1.29 is 14.7 Å². The second kappa shape index (κ2) is 10.2. The smallest absolute Gasteiger partial charge is 0.249 e. The zero-order valence-corrected chi connectivity index (χ0v) is 21.0. The van der Waals surface area contributed by atoms with Crippen molar-refractivity contribution in [3.05, 3.63) is 83.9 Å². The lowest BCUT2D eigenvalue weighted by molar-refractivity contribution is -0.128. The zero-order valence-electron chi connectivity index (χ0n) is 21.0. The predicted octanol–water partition coefficient (Wildman–Crippen LogP) is 4.52. The van der Waals surface area contributed by atoms with Gasteiger partial charge in [0.1, 0.15) is 23.9 Å². The van der Waals surface area contributed by atoms with Gasteiger partial charge >= 0.3 is 0 Å². The van der Waals surface area contributed by atoms with E-state index in [1.54, 1.807) is 16.8 Å². The lowest BCUT2D eigenvalue weighted by atomic mass is 9.98. The number of nitrogens with zero attached hydrogens (tertiary/aromatic N) is 4. The molecule has 0 saturated heterocycles. The first-order valence-corrected chi connectivity index (χ1v) is 12.0. The van der Waals surface area contributed by atoms with Crippen molar-refractivity contribution in [3.63, 3.8) is 0 Å². The van der Waals surface area contributed by atoms with E-state index in [0.29, 0.717) is 23.2 Å². The molecule has 0 bridgehead atoms. The molecule has 4 rings (SSSR count). The van der Waals surface area contributed by atoms with Gasteiger partial charge in [-0.15, -0.1) is 5.10 Å². The van der Waals surface area contributed by atoms with Crippen LogP contribution in [0.1, 0.15) is 44.4 Å². The molecule has 0 radical (unpaired) electrons. The molecule has 0 fully saturated rings. The molecule has 0 aliphatic heterocycles. The van der Waals surface area contributed by atoms with Gasteiger partial charge in [0.05, 0.1) is 5.52 Å². The molecule has 3 aromatic carbocycles. The van der Waals surface area contributed by atoms with Crippen LogP contribution in [0.5, 0.6) is 5.75 Å². The lowest BCUT2D eigenvalue weighted by Crippen LogP contribution is -2.51. The van der Waals surface area contributed by atoms with E-state index >= 15 is 0 Å². The molecular formula is C28H31N5O3. The Balaban J connectivity index is 1.81. The Labute approximate surface area is 210 Å². The summed E-state index contributed by atoms with van der Waals surface area (Å²) in [5.41, 5.74) is 3.13. The largest absolute Gasteiger partial charge is 0.508 e. The topological polar surface area (TPSA) is 100 Å². The molecule has 0 aliphatic carbocycles. The number of nitrogens with one attached hydrogen (secondary N) is 1. The van der Waals surface area contributed by atoms with Crippen LogP contribution in [0.25, 0.3) is 11.0 Å². The Hall–Kier alpha value is -4.20. The number of aromatic hydroxyl groups is 1. The molecule has 0 saturated carbocycles. The molecule has 8 nitrogen and oxygen atoms in total. The van der Waals surface area contributed by atoms with Crippen LogP contribution < -0.4 is 10.2 Å². The molecule has 0 aliphatic rings. The van der Waals surface area contributed by atoms with E-state index in [2.05, 4.69) is 15.6 Å². The minimum atomic E-state index is -0.971. The summed E-state index contributed by atoms with van der Waals surface area (Å²) < 4.78 is 1.54. The van der Waals surface area contributed by atoms with E-state index in [1.165, 1.54) is 17.0 Å². The molecule has 2 N–H and O–H groups in total. The second-order valence-electron chi connectivity index (χ2n) is 9.56. The van der Waals surface area contributed by atoms with Gasteiger partial charge in [-0.25, -0.2) is 4.68 Å². The summed E-state index contributed by atoms with van der Waals surface area (Å²) in [7, 11) is 0. The van der Waals surface area contributed by atoms with Gasteiger partial charge in [-0.2, -0.15) is 0 Å². The number of amides is 2. The van der Waals surface area contributed by atoms with Gasteiger partial charge in [-0.1, -0.05) is 54.1 Å². The average Bonchev–Trinajstić information content (AvgIpc) is 3.26. The highest BCUT2D eigenvalue weighted by Crippen LogP contribution is 2.31. The number of aromatic nitrogens is 3. The standard InChI is InChI=1S/C28H31N5O3/c1-5-28(3,4)29-27(36)26(20-12-16-22(34)17-13-20)33(21-14-10-19(2)11-15-21)25(35)18-32-24-9-7-6-8-23(24)30-31-32/h6-17,26,34H,5,18H2,1-4H3,(H,29,36)/t26-/m1/s1. The van der Waals surface area contributed by atoms with Crippen LogP contribution in [-0.4, -0.2) is 37.5 Å². The van der Waals surface area contributed by atoms with E-state index < -0.39 is 11.6 Å². The number of hydrogen-bond donors (Lipinski definition) is 2. The summed E-state index contributed by atoms with van der Waals surface area (Å²) in [6.45, 7) is 7.74. The maximum atomic E-state index is 14.0. The van der Waals surface area contributed by atoms with E-state index in [-0.39, 0.29) is 24.1 Å². The van der Waals surface area contributed by atoms with Crippen LogP contribution in [0.4, 0.5) is 5.69 Å². The van der Waals surface area contributed by atoms with Gasteiger partial charge in [-0.3, -0.25) is 14.5 Å². The maximum Gasteiger partial charge on any atom is 0.249 e. The van der Waals surface area contributed by atoms with Gasteiger partial charge < -0.3 is 10.4 Å². The number of phenols is 1. The monoisotopic (exact) mass is 485 g/mol. The molecule has 0 unspecified atom stereocenters. The number of anilines is 1. The Morgan fingerprint density at radius 1 is 1.03 bits per heavy atom. The fourth-order valence-corrected chi connectivity index (χ4v) is 3.95. The summed E-state index contributed by atoms with van der Waals surface area (Å²) in [5, 5.41) is 21.3. The van der Waals surface area contributed by atoms with Gasteiger partial charge in [0.25, 0.3) is 0 Å². The first-order chi connectivity index (χ1) is 17.2. The molecule has 4 aromatic rings. The Morgan fingerprint density at radius 3 is 2.36 bits per heavy atom. The highest BCUT2D eigenvalue weighted by atomic mass is 16.3. The molecule has 186 valence electrons. The third-order valence-corrected chi connectivity index (χ3v) is 6.35. The van der Waals surface area contributed by atoms with Crippen molar-refractivity contribution in [2.75, 3.05) is 4.90 Å². The fraction of sp³-hybridized carbons (Fsp3) is 0.286. The first-order valence-electron chi connectivity index (χ1n) is 12.0. The van der Waals surface area contributed by atoms with Crippen LogP contribution in [-0.2, 0) is 16.1 Å². The van der Waals surface area contributed by atoms with Crippen molar-refractivity contribution in [3.8, 4) is 5.75 Å². The van der Waals surface area contributed by atoms with Crippen molar-refractivity contribution >= 4 is 28.5 Å². The highest BCUT2D eigenvalue weighted by Gasteiger charge is 2.35. The minimum Gasteiger partial charge on any atom is -0.508 e. The number of benzene rings is 3. The van der Waals surface area contributed by atoms with E-state index in [1.807, 2.05) is 76.2 Å². The molecule has 0 spiro atoms. The number of carbonyl (C=O) groups is 2. The first kappa shape index (κ1) is 24.9. The fourth-order valence-electron chi connectivity index (χ4n) is 3.95. The zero-order chi connectivity index (χ0) is 25.9. The van der Waals surface area contributed by atoms with Crippen LogP contribution in [0.2, 0.25) is 0 Å². The van der Waals surface area contributed by atoms with E-state index in [4.69, 9.17) is 0 Å². The number of aryl methyl sites for hydroxylation is 1. The van der Waals surface area contributed by atoms with Crippen molar-refractivity contribution in [2.24, 2.45) is 0 Å². The van der Waals surface area contributed by atoms with E-state index in [0.717, 1.165) is 11.1 Å². The number of para-hydroxylation sites is 1. The third-order valence-electron chi connectivity index (χ3n) is 6.35. The van der Waals surface area contributed by atoms with Gasteiger partial charge in [0.15, 0.2) is 0 Å². The van der Waals surface area contributed by atoms with Crippen molar-refractivity contribution in [1.82, 2.24) is 20.3 Å². The van der Waals surface area contributed by atoms with Crippen molar-refractivity contribution in [1.29, 1.82) is 0 Å². The van der Waals surface area contributed by atoms with Crippen LogP contribution in [0, 0.1) is 6.92 Å². The van der Waals surface area contributed by atoms with Gasteiger partial charge in [0.2, 0.25) is 11.8 Å². The Bertz CT molecular complexity index is 1360. The summed E-state index contributed by atoms with van der Waals surface area (Å²) in [4.78, 5) is 29.3. The van der Waals surface area contributed by atoms with Gasteiger partial charge in [0, 0.05) is 11.2 Å². The molecule has 2 amide bonds. The number of carbonyl (C=O) groups excluding carboxylic acids is 2. The number of fused-ring (bicyclic) bond motifs is 1. The molecule has 36 heavy (non-hydrogen) atoms. The van der Waals surface area contributed by atoms with E-state index in [9.17, 15) is 14.7 Å². The quantitative estimate of drug-likeness (QED) is 0.382. The van der Waals surface area contributed by atoms with Crippen LogP contribution in [0.15, 0.2) is 72.8 Å². The SMILES string of the molecule is CCC(C)(C)NC(=O)[C@@H](c1ccc(O)cc1)N(C(=O)Cn1nnc2ccccc21)c1ccc(C)cc1. The van der Waals surface area contributed by atoms with Crippen LogP contribution >= 0.6 is 0 Å². The summed E-state index contributed by atoms with van der Waals surface area (Å²) in [6.07, 6.45) is 0.713. The lowest BCUT2D eigenvalue weighted by Gasteiger charge is -2.34. The molecular weight excluding hydrogens is 454 g/mol.